The van der Waals surface area contributed by atoms with Crippen LogP contribution >= 0.6 is 11.6 Å². The maximum atomic E-state index is 13.0. The first kappa shape index (κ1) is 22.2. The van der Waals surface area contributed by atoms with E-state index in [2.05, 4.69) is 10.4 Å². The van der Waals surface area contributed by atoms with Gasteiger partial charge in [-0.25, -0.2) is 4.68 Å². The van der Waals surface area contributed by atoms with Gasteiger partial charge in [-0.2, -0.15) is 13.2 Å². The normalized spacial score (nSPS) is 12.4. The lowest BCUT2D eigenvalue weighted by atomic mass is 10.0. The van der Waals surface area contributed by atoms with Gasteiger partial charge in [-0.15, -0.1) is 0 Å². The van der Waals surface area contributed by atoms with Gasteiger partial charge in [-0.1, -0.05) is 29.8 Å². The van der Waals surface area contributed by atoms with E-state index in [4.69, 9.17) is 16.7 Å². The number of hydrogen-bond acceptors (Lipinski definition) is 3. The van der Waals surface area contributed by atoms with Crippen molar-refractivity contribution in [3.8, 4) is 5.69 Å². The van der Waals surface area contributed by atoms with Crippen molar-refractivity contribution in [2.45, 2.75) is 18.6 Å². The third-order valence-corrected chi connectivity index (χ3v) is 4.57. The predicted molar refractivity (Wildman–Crippen MR) is 105 cm³/mol. The number of hydrogen-bond donors (Lipinski definition) is 3. The van der Waals surface area contributed by atoms with Gasteiger partial charge in [0.1, 0.15) is 5.69 Å². The van der Waals surface area contributed by atoms with Crippen molar-refractivity contribution in [3.63, 3.8) is 0 Å². The Morgan fingerprint density at radius 1 is 1.13 bits per heavy atom. The van der Waals surface area contributed by atoms with Crippen LogP contribution in [0.25, 0.3) is 5.69 Å². The van der Waals surface area contributed by atoms with Crippen molar-refractivity contribution in [2.24, 2.45) is 0 Å². The van der Waals surface area contributed by atoms with E-state index in [0.717, 1.165) is 28.9 Å². The lowest BCUT2D eigenvalue weighted by molar-refractivity contribution is -0.138. The summed E-state index contributed by atoms with van der Waals surface area (Å²) in [4.78, 5) is 36.1. The molecule has 3 N–H and O–H groups in total. The predicted octanol–water partition coefficient (Wildman–Crippen LogP) is 3.78. The summed E-state index contributed by atoms with van der Waals surface area (Å²) >= 11 is 5.90. The molecule has 0 saturated carbocycles. The maximum Gasteiger partial charge on any atom is 0.416 e. The number of carboxylic acid groups (broad SMARTS) is 1. The molecule has 0 bridgehead atoms. The molecule has 0 unspecified atom stereocenters. The summed E-state index contributed by atoms with van der Waals surface area (Å²) in [5.74, 6) is -2.19. The van der Waals surface area contributed by atoms with Crippen molar-refractivity contribution < 1.29 is 27.9 Å². The lowest BCUT2D eigenvalue weighted by Crippen LogP contribution is -2.30. The molecule has 0 aliphatic carbocycles. The molecule has 0 saturated heterocycles. The van der Waals surface area contributed by atoms with Crippen molar-refractivity contribution in [3.05, 3.63) is 86.8 Å². The molecule has 3 rings (SSSR count). The molecule has 2 aromatic carbocycles. The zero-order chi connectivity index (χ0) is 22.8. The monoisotopic (exact) mass is 453 g/mol. The van der Waals surface area contributed by atoms with Crippen LogP contribution in [-0.2, 0) is 11.0 Å². The van der Waals surface area contributed by atoms with E-state index < -0.39 is 41.6 Å². The second kappa shape index (κ2) is 8.68. The number of aromatic amines is 1. The quantitative estimate of drug-likeness (QED) is 0.528. The minimum absolute atomic E-state index is 0.0396. The van der Waals surface area contributed by atoms with Crippen molar-refractivity contribution in [1.29, 1.82) is 0 Å². The summed E-state index contributed by atoms with van der Waals surface area (Å²) in [6.07, 6.45) is -5.29. The highest BCUT2D eigenvalue weighted by Gasteiger charge is 2.31. The average molecular weight is 454 g/mol. The topological polar surface area (TPSA) is 104 Å². The number of carbonyl (C=O) groups excluding carboxylic acids is 1. The van der Waals surface area contributed by atoms with Crippen LogP contribution in [0.2, 0.25) is 5.02 Å². The molecular formula is C20H15ClF3N3O4. The molecule has 1 aromatic heterocycles. The third-order valence-electron chi connectivity index (χ3n) is 4.33. The molecule has 1 amide bonds. The zero-order valence-electron chi connectivity index (χ0n) is 15.6. The highest BCUT2D eigenvalue weighted by Crippen LogP contribution is 2.31. The number of amides is 1. The van der Waals surface area contributed by atoms with Gasteiger partial charge in [-0.3, -0.25) is 19.5 Å². The van der Waals surface area contributed by atoms with E-state index in [1.807, 2.05) is 0 Å². The number of rotatable bonds is 6. The highest BCUT2D eigenvalue weighted by atomic mass is 35.5. The molecule has 7 nitrogen and oxygen atoms in total. The number of halogens is 4. The number of carboxylic acids is 1. The molecule has 1 heterocycles. The Morgan fingerprint density at radius 3 is 2.48 bits per heavy atom. The largest absolute Gasteiger partial charge is 0.481 e. The number of nitrogens with zero attached hydrogens (tertiary/aromatic N) is 1. The van der Waals surface area contributed by atoms with Gasteiger partial charge in [0.05, 0.1) is 23.7 Å². The Bertz CT molecular complexity index is 1190. The maximum absolute atomic E-state index is 13.0. The Labute approximate surface area is 178 Å². The average Bonchev–Trinajstić information content (AvgIpc) is 3.08. The van der Waals surface area contributed by atoms with Crippen LogP contribution < -0.4 is 10.9 Å². The molecule has 11 heteroatoms. The first-order valence-corrected chi connectivity index (χ1v) is 9.20. The SMILES string of the molecule is O=C(O)C[C@H](NC(=O)c1cc(=O)n(-c2cccc(Cl)c2)[nH]1)c1cccc(C(F)(F)F)c1. The number of H-pyrrole nitrogens is 1. The van der Waals surface area contributed by atoms with Crippen LogP contribution in [0.5, 0.6) is 0 Å². The number of carbonyl (C=O) groups is 2. The molecule has 162 valence electrons. The summed E-state index contributed by atoms with van der Waals surface area (Å²) in [5, 5.41) is 14.4. The molecule has 0 aliphatic heterocycles. The Kier molecular flexibility index (Phi) is 6.21. The first-order chi connectivity index (χ1) is 14.5. The smallest absolute Gasteiger partial charge is 0.416 e. The second-order valence-corrected chi connectivity index (χ2v) is 7.01. The van der Waals surface area contributed by atoms with Gasteiger partial charge in [0.2, 0.25) is 0 Å². The van der Waals surface area contributed by atoms with E-state index in [1.165, 1.54) is 12.1 Å². The minimum atomic E-state index is -4.63. The summed E-state index contributed by atoms with van der Waals surface area (Å²) < 4.78 is 40.1. The van der Waals surface area contributed by atoms with E-state index >= 15 is 0 Å². The van der Waals surface area contributed by atoms with Gasteiger partial charge in [-0.05, 0) is 35.9 Å². The Balaban J connectivity index is 1.89. The fraction of sp³-hybridized carbons (Fsp3) is 0.150. The fourth-order valence-electron chi connectivity index (χ4n) is 2.91. The number of aromatic nitrogens is 2. The Hall–Kier alpha value is -3.53. The van der Waals surface area contributed by atoms with Crippen molar-refractivity contribution >= 4 is 23.5 Å². The molecule has 0 spiro atoms. The van der Waals surface area contributed by atoms with Gasteiger partial charge in [0.25, 0.3) is 11.5 Å². The van der Waals surface area contributed by atoms with Gasteiger partial charge >= 0.3 is 12.1 Å². The number of benzene rings is 2. The molecule has 31 heavy (non-hydrogen) atoms. The van der Waals surface area contributed by atoms with Crippen LogP contribution in [0.1, 0.15) is 34.1 Å². The summed E-state index contributed by atoms with van der Waals surface area (Å²) in [6, 6.07) is 9.99. The second-order valence-electron chi connectivity index (χ2n) is 6.57. The number of aliphatic carboxylic acids is 1. The van der Waals surface area contributed by atoms with Crippen molar-refractivity contribution in [1.82, 2.24) is 15.1 Å². The number of nitrogens with one attached hydrogen (secondary N) is 2. The number of alkyl halides is 3. The zero-order valence-corrected chi connectivity index (χ0v) is 16.4. The van der Waals surface area contributed by atoms with Crippen LogP contribution in [0, 0.1) is 0 Å². The summed E-state index contributed by atoms with van der Waals surface area (Å²) in [7, 11) is 0. The molecule has 3 aromatic rings. The molecule has 0 radical (unpaired) electrons. The van der Waals surface area contributed by atoms with E-state index in [9.17, 15) is 27.6 Å². The van der Waals surface area contributed by atoms with Gasteiger partial charge < -0.3 is 10.4 Å². The minimum Gasteiger partial charge on any atom is -0.481 e. The third kappa shape index (κ3) is 5.34. The highest BCUT2D eigenvalue weighted by molar-refractivity contribution is 6.30. The van der Waals surface area contributed by atoms with E-state index in [0.29, 0.717) is 10.7 Å². The molecular weight excluding hydrogens is 439 g/mol. The first-order valence-electron chi connectivity index (χ1n) is 8.82. The van der Waals surface area contributed by atoms with Gasteiger partial charge in [0, 0.05) is 11.1 Å². The van der Waals surface area contributed by atoms with Crippen molar-refractivity contribution in [2.75, 3.05) is 0 Å². The molecule has 1 atom stereocenters. The van der Waals surface area contributed by atoms with E-state index in [1.54, 1.807) is 18.2 Å². The molecule has 0 fully saturated rings. The van der Waals surface area contributed by atoms with Crippen LogP contribution in [0.3, 0.4) is 0 Å². The van der Waals surface area contributed by atoms with Crippen LogP contribution in [0.15, 0.2) is 59.4 Å². The summed E-state index contributed by atoms with van der Waals surface area (Å²) in [5.41, 5.74) is -1.44. The van der Waals surface area contributed by atoms with Gasteiger partial charge in [0.15, 0.2) is 0 Å². The standard InChI is InChI=1S/C20H15ClF3N3O4/c21-13-5-2-6-14(8-13)27-17(28)9-16(26-27)19(31)25-15(10-18(29)30)11-3-1-4-12(7-11)20(22,23)24/h1-9,15,26H,10H2,(H,25,31)(H,29,30)/t15-/m0/s1. The van der Waals surface area contributed by atoms with Crippen LogP contribution in [-0.4, -0.2) is 26.8 Å². The molecule has 0 aliphatic rings. The van der Waals surface area contributed by atoms with E-state index in [-0.39, 0.29) is 11.3 Å². The summed E-state index contributed by atoms with van der Waals surface area (Å²) in [6.45, 7) is 0. The fourth-order valence-corrected chi connectivity index (χ4v) is 3.10. The Morgan fingerprint density at radius 2 is 1.84 bits per heavy atom. The lowest BCUT2D eigenvalue weighted by Gasteiger charge is -2.18. The van der Waals surface area contributed by atoms with Crippen LogP contribution in [0.4, 0.5) is 13.2 Å².